The van der Waals surface area contributed by atoms with Gasteiger partial charge in [-0.05, 0) is 55.6 Å². The Balaban J connectivity index is 1.44. The van der Waals surface area contributed by atoms with Gasteiger partial charge in [0, 0.05) is 19.6 Å². The second-order valence-electron chi connectivity index (χ2n) is 6.63. The molecule has 1 N–H and O–H groups in total. The molecule has 2 heteroatoms. The van der Waals surface area contributed by atoms with Crippen LogP contribution < -0.4 is 10.2 Å². The summed E-state index contributed by atoms with van der Waals surface area (Å²) in [5.41, 5.74) is 2.74. The first-order chi connectivity index (χ1) is 9.90. The van der Waals surface area contributed by atoms with Crippen molar-refractivity contribution in [2.45, 2.75) is 25.7 Å². The molecular weight excluding hydrogens is 244 g/mol. The molecule has 1 aromatic carbocycles. The number of rotatable bonds is 4. The number of nitrogens with one attached hydrogen (secondary N) is 1. The van der Waals surface area contributed by atoms with Gasteiger partial charge < -0.3 is 10.2 Å². The van der Waals surface area contributed by atoms with Gasteiger partial charge in [-0.2, -0.15) is 0 Å². The quantitative estimate of drug-likeness (QED) is 0.833. The van der Waals surface area contributed by atoms with E-state index in [0.717, 1.165) is 24.3 Å². The minimum Gasteiger partial charge on any atom is -0.383 e. The molecule has 2 nitrogen and oxygen atoms in total. The van der Waals surface area contributed by atoms with Crippen LogP contribution >= 0.6 is 0 Å². The first kappa shape index (κ1) is 12.3. The van der Waals surface area contributed by atoms with E-state index in [4.69, 9.17) is 0 Å². The molecule has 1 aromatic rings. The van der Waals surface area contributed by atoms with Crippen molar-refractivity contribution in [2.24, 2.45) is 17.8 Å². The Bertz CT molecular complexity index is 502. The highest BCUT2D eigenvalue weighted by Crippen LogP contribution is 2.43. The summed E-state index contributed by atoms with van der Waals surface area (Å²) >= 11 is 0. The van der Waals surface area contributed by atoms with E-state index in [2.05, 4.69) is 46.6 Å². The van der Waals surface area contributed by atoms with E-state index in [1.54, 1.807) is 0 Å². The Hall–Kier alpha value is -1.44. The van der Waals surface area contributed by atoms with Crippen molar-refractivity contribution in [2.75, 3.05) is 29.9 Å². The van der Waals surface area contributed by atoms with Crippen molar-refractivity contribution in [3.05, 3.63) is 36.4 Å². The number of allylic oxidation sites excluding steroid dienone is 2. The summed E-state index contributed by atoms with van der Waals surface area (Å²) < 4.78 is 0. The maximum Gasteiger partial charge on any atom is 0.0602 e. The van der Waals surface area contributed by atoms with Gasteiger partial charge in [-0.15, -0.1) is 0 Å². The van der Waals surface area contributed by atoms with Gasteiger partial charge in [0.1, 0.15) is 0 Å². The summed E-state index contributed by atoms with van der Waals surface area (Å²) in [7, 11) is 0. The number of fused-ring (bicyclic) bond motifs is 2. The molecule has 1 saturated carbocycles. The molecule has 0 amide bonds. The molecule has 3 atom stereocenters. The summed E-state index contributed by atoms with van der Waals surface area (Å²) in [6.07, 6.45) is 10.4. The highest BCUT2D eigenvalue weighted by molar-refractivity contribution is 5.70. The van der Waals surface area contributed by atoms with Crippen LogP contribution in [-0.4, -0.2) is 19.6 Å². The lowest BCUT2D eigenvalue weighted by Crippen LogP contribution is -2.22. The number of anilines is 2. The molecule has 4 rings (SSSR count). The number of benzene rings is 1. The molecule has 3 unspecified atom stereocenters. The van der Waals surface area contributed by atoms with Gasteiger partial charge in [0.25, 0.3) is 0 Å². The van der Waals surface area contributed by atoms with Crippen molar-refractivity contribution in [3.63, 3.8) is 0 Å². The van der Waals surface area contributed by atoms with Gasteiger partial charge in [-0.1, -0.05) is 24.3 Å². The van der Waals surface area contributed by atoms with Crippen molar-refractivity contribution in [1.82, 2.24) is 0 Å². The molecule has 2 bridgehead atoms. The predicted molar refractivity (Wildman–Crippen MR) is 85.2 cm³/mol. The fourth-order valence-corrected chi connectivity index (χ4v) is 4.23. The highest BCUT2D eigenvalue weighted by atomic mass is 15.2. The smallest absolute Gasteiger partial charge is 0.0602 e. The van der Waals surface area contributed by atoms with Crippen LogP contribution in [0, 0.1) is 17.8 Å². The number of nitrogens with zero attached hydrogens (tertiary/aromatic N) is 1. The Morgan fingerprint density at radius 1 is 1.05 bits per heavy atom. The van der Waals surface area contributed by atoms with Crippen LogP contribution in [0.4, 0.5) is 11.4 Å². The van der Waals surface area contributed by atoms with Crippen LogP contribution in [-0.2, 0) is 0 Å². The molecule has 2 aliphatic carbocycles. The first-order valence-electron chi connectivity index (χ1n) is 8.16. The van der Waals surface area contributed by atoms with Crippen molar-refractivity contribution >= 4 is 11.4 Å². The van der Waals surface area contributed by atoms with E-state index in [0.29, 0.717) is 0 Å². The Morgan fingerprint density at radius 3 is 2.65 bits per heavy atom. The SMILES string of the molecule is C1=CC2CC1CC2CNc1ccccc1N1CCCC1. The van der Waals surface area contributed by atoms with Gasteiger partial charge in [0.2, 0.25) is 0 Å². The largest absolute Gasteiger partial charge is 0.383 e. The fraction of sp³-hybridized carbons (Fsp3) is 0.556. The monoisotopic (exact) mass is 268 g/mol. The zero-order chi connectivity index (χ0) is 13.4. The third-order valence-electron chi connectivity index (χ3n) is 5.32. The molecule has 1 heterocycles. The number of hydrogen-bond donors (Lipinski definition) is 1. The minimum atomic E-state index is 0.839. The molecule has 2 fully saturated rings. The second-order valence-corrected chi connectivity index (χ2v) is 6.63. The molecule has 20 heavy (non-hydrogen) atoms. The molecule has 106 valence electrons. The highest BCUT2D eigenvalue weighted by Gasteiger charge is 2.35. The molecular formula is C18H24N2. The van der Waals surface area contributed by atoms with Gasteiger partial charge in [-0.25, -0.2) is 0 Å². The number of para-hydroxylation sites is 2. The zero-order valence-electron chi connectivity index (χ0n) is 12.1. The molecule has 0 spiro atoms. The summed E-state index contributed by atoms with van der Waals surface area (Å²) in [4.78, 5) is 2.53. The van der Waals surface area contributed by atoms with Crippen LogP contribution in [0.25, 0.3) is 0 Å². The van der Waals surface area contributed by atoms with Crippen LogP contribution in [0.3, 0.4) is 0 Å². The van der Waals surface area contributed by atoms with Crippen molar-refractivity contribution < 1.29 is 0 Å². The van der Waals surface area contributed by atoms with Crippen LogP contribution in [0.2, 0.25) is 0 Å². The van der Waals surface area contributed by atoms with Gasteiger partial charge >= 0.3 is 0 Å². The zero-order valence-corrected chi connectivity index (χ0v) is 12.1. The molecule has 3 aliphatic rings. The fourth-order valence-electron chi connectivity index (χ4n) is 4.23. The average Bonchev–Trinajstić information content (AvgIpc) is 3.22. The summed E-state index contributed by atoms with van der Waals surface area (Å²) in [5, 5.41) is 3.74. The van der Waals surface area contributed by atoms with Crippen LogP contribution in [0.1, 0.15) is 25.7 Å². The van der Waals surface area contributed by atoms with E-state index in [9.17, 15) is 0 Å². The third kappa shape index (κ3) is 2.21. The normalized spacial score (nSPS) is 31.2. The summed E-state index contributed by atoms with van der Waals surface area (Å²) in [5.74, 6) is 2.56. The topological polar surface area (TPSA) is 15.3 Å². The van der Waals surface area contributed by atoms with Crippen LogP contribution in [0.15, 0.2) is 36.4 Å². The Labute approximate surface area is 121 Å². The summed E-state index contributed by atoms with van der Waals surface area (Å²) in [6.45, 7) is 3.57. The van der Waals surface area contributed by atoms with Crippen LogP contribution in [0.5, 0.6) is 0 Å². The van der Waals surface area contributed by atoms with Gasteiger partial charge in [-0.3, -0.25) is 0 Å². The van der Waals surface area contributed by atoms with E-state index < -0.39 is 0 Å². The second kappa shape index (κ2) is 5.16. The maximum absolute atomic E-state index is 3.74. The lowest BCUT2D eigenvalue weighted by molar-refractivity contribution is 0.472. The molecule has 1 aliphatic heterocycles. The van der Waals surface area contributed by atoms with E-state index in [1.165, 1.54) is 50.1 Å². The Morgan fingerprint density at radius 2 is 1.90 bits per heavy atom. The molecule has 0 radical (unpaired) electrons. The van der Waals surface area contributed by atoms with E-state index >= 15 is 0 Å². The summed E-state index contributed by atoms with van der Waals surface area (Å²) in [6, 6.07) is 8.84. The van der Waals surface area contributed by atoms with Crippen molar-refractivity contribution in [1.29, 1.82) is 0 Å². The van der Waals surface area contributed by atoms with Gasteiger partial charge in [0.15, 0.2) is 0 Å². The maximum atomic E-state index is 3.74. The van der Waals surface area contributed by atoms with Crippen molar-refractivity contribution in [3.8, 4) is 0 Å². The number of hydrogen-bond acceptors (Lipinski definition) is 2. The third-order valence-corrected chi connectivity index (χ3v) is 5.32. The molecule has 1 saturated heterocycles. The van der Waals surface area contributed by atoms with E-state index in [-0.39, 0.29) is 0 Å². The first-order valence-corrected chi connectivity index (χ1v) is 8.16. The lowest BCUT2D eigenvalue weighted by atomic mass is 9.93. The standard InChI is InChI=1S/C18H24N2/c1-2-6-18(20-9-3-4-10-20)17(5-1)19-13-16-12-14-7-8-15(16)11-14/h1-2,5-8,14-16,19H,3-4,9-13H2. The minimum absolute atomic E-state index is 0.839. The predicted octanol–water partition coefficient (Wildman–Crippen LogP) is 3.91. The lowest BCUT2D eigenvalue weighted by Gasteiger charge is -2.24. The van der Waals surface area contributed by atoms with E-state index in [1.807, 2.05) is 0 Å². The van der Waals surface area contributed by atoms with Gasteiger partial charge in [0.05, 0.1) is 11.4 Å². The molecule has 0 aromatic heterocycles. The average molecular weight is 268 g/mol. The Kier molecular flexibility index (Phi) is 3.17.